The Bertz CT molecular complexity index is 365. The molecule has 0 aromatic heterocycles. The third-order valence-electron chi connectivity index (χ3n) is 2.38. The standard InChI is InChI=1S/C11H13NO3/c1-8(12-7-13)9-2-3-10-11(6-9)15-5-4-14-10/h2-3,6-8H,4-5H2,1H3,(H,12,13). The van der Waals surface area contributed by atoms with Crippen LogP contribution in [0.5, 0.6) is 11.5 Å². The van der Waals surface area contributed by atoms with Crippen molar-refractivity contribution in [1.29, 1.82) is 0 Å². The van der Waals surface area contributed by atoms with Gasteiger partial charge in [0.25, 0.3) is 0 Å². The van der Waals surface area contributed by atoms with E-state index < -0.39 is 0 Å². The van der Waals surface area contributed by atoms with Crippen molar-refractivity contribution < 1.29 is 14.3 Å². The first-order valence-corrected chi connectivity index (χ1v) is 4.90. The highest BCUT2D eigenvalue weighted by atomic mass is 16.6. The van der Waals surface area contributed by atoms with E-state index >= 15 is 0 Å². The Balaban J connectivity index is 2.23. The summed E-state index contributed by atoms with van der Waals surface area (Å²) < 4.78 is 10.9. The van der Waals surface area contributed by atoms with E-state index in [2.05, 4.69) is 5.32 Å². The summed E-state index contributed by atoms with van der Waals surface area (Å²) in [5.41, 5.74) is 1.01. The normalized spacial score (nSPS) is 15.5. The molecule has 2 rings (SSSR count). The molecule has 1 unspecified atom stereocenters. The largest absolute Gasteiger partial charge is 0.486 e. The third kappa shape index (κ3) is 2.03. The van der Waals surface area contributed by atoms with Crippen LogP contribution < -0.4 is 14.8 Å². The van der Waals surface area contributed by atoms with Crippen LogP contribution in [0.3, 0.4) is 0 Å². The van der Waals surface area contributed by atoms with Gasteiger partial charge in [0.05, 0.1) is 6.04 Å². The summed E-state index contributed by atoms with van der Waals surface area (Å²) in [5.74, 6) is 1.52. The van der Waals surface area contributed by atoms with Crippen LogP contribution >= 0.6 is 0 Å². The molecule has 0 spiro atoms. The maximum Gasteiger partial charge on any atom is 0.207 e. The van der Waals surface area contributed by atoms with Crippen LogP contribution in [-0.2, 0) is 4.79 Å². The molecule has 0 saturated heterocycles. The van der Waals surface area contributed by atoms with E-state index in [-0.39, 0.29) is 6.04 Å². The Morgan fingerprint density at radius 1 is 1.33 bits per heavy atom. The van der Waals surface area contributed by atoms with Gasteiger partial charge in [0.1, 0.15) is 13.2 Å². The molecule has 80 valence electrons. The highest BCUT2D eigenvalue weighted by molar-refractivity contribution is 5.49. The van der Waals surface area contributed by atoms with Crippen molar-refractivity contribution in [3.05, 3.63) is 23.8 Å². The van der Waals surface area contributed by atoms with Gasteiger partial charge in [-0.05, 0) is 24.6 Å². The lowest BCUT2D eigenvalue weighted by Crippen LogP contribution is -2.18. The first-order valence-electron chi connectivity index (χ1n) is 4.90. The molecular weight excluding hydrogens is 194 g/mol. The minimum Gasteiger partial charge on any atom is -0.486 e. The molecule has 0 aliphatic carbocycles. The number of ether oxygens (including phenoxy) is 2. The van der Waals surface area contributed by atoms with E-state index in [1.807, 2.05) is 25.1 Å². The average Bonchev–Trinajstić information content (AvgIpc) is 2.29. The van der Waals surface area contributed by atoms with Crippen molar-refractivity contribution >= 4 is 6.41 Å². The van der Waals surface area contributed by atoms with E-state index in [1.165, 1.54) is 0 Å². The van der Waals surface area contributed by atoms with Crippen LogP contribution in [-0.4, -0.2) is 19.6 Å². The second-order valence-corrected chi connectivity index (χ2v) is 3.41. The van der Waals surface area contributed by atoms with Gasteiger partial charge < -0.3 is 14.8 Å². The summed E-state index contributed by atoms with van der Waals surface area (Å²) in [6.07, 6.45) is 0.696. The molecule has 1 aromatic carbocycles. The van der Waals surface area contributed by atoms with Gasteiger partial charge in [-0.3, -0.25) is 4.79 Å². The van der Waals surface area contributed by atoms with E-state index in [4.69, 9.17) is 9.47 Å². The fourth-order valence-corrected chi connectivity index (χ4v) is 1.53. The predicted octanol–water partition coefficient (Wildman–Crippen LogP) is 1.26. The van der Waals surface area contributed by atoms with Gasteiger partial charge in [-0.1, -0.05) is 6.07 Å². The Morgan fingerprint density at radius 3 is 2.80 bits per heavy atom. The Kier molecular flexibility index (Phi) is 2.76. The van der Waals surface area contributed by atoms with Crippen molar-refractivity contribution in [3.63, 3.8) is 0 Å². The van der Waals surface area contributed by atoms with Gasteiger partial charge in [0, 0.05) is 0 Å². The van der Waals surface area contributed by atoms with Crippen molar-refractivity contribution in [2.75, 3.05) is 13.2 Å². The monoisotopic (exact) mass is 207 g/mol. The molecular formula is C11H13NO3. The van der Waals surface area contributed by atoms with Crippen LogP contribution in [0.4, 0.5) is 0 Å². The average molecular weight is 207 g/mol. The molecule has 0 radical (unpaired) electrons. The molecule has 1 N–H and O–H groups in total. The number of hydrogen-bond acceptors (Lipinski definition) is 3. The number of fused-ring (bicyclic) bond motifs is 1. The number of carbonyl (C=O) groups is 1. The van der Waals surface area contributed by atoms with E-state index in [0.717, 1.165) is 17.1 Å². The fraction of sp³-hybridized carbons (Fsp3) is 0.364. The number of carbonyl (C=O) groups excluding carboxylic acids is 1. The first kappa shape index (κ1) is 9.83. The van der Waals surface area contributed by atoms with Crippen molar-refractivity contribution in [2.45, 2.75) is 13.0 Å². The topological polar surface area (TPSA) is 47.6 Å². The SMILES string of the molecule is CC(NC=O)c1ccc2c(c1)OCCO2. The molecule has 4 nitrogen and oxygen atoms in total. The van der Waals surface area contributed by atoms with Crippen LogP contribution in [0.25, 0.3) is 0 Å². The molecule has 1 atom stereocenters. The van der Waals surface area contributed by atoms with Gasteiger partial charge >= 0.3 is 0 Å². The number of nitrogens with one attached hydrogen (secondary N) is 1. The summed E-state index contributed by atoms with van der Waals surface area (Å²) in [6.45, 7) is 3.08. The van der Waals surface area contributed by atoms with Gasteiger partial charge in [-0.15, -0.1) is 0 Å². The lowest BCUT2D eigenvalue weighted by molar-refractivity contribution is -0.110. The minimum absolute atomic E-state index is 0.0154. The lowest BCUT2D eigenvalue weighted by atomic mass is 10.1. The second kappa shape index (κ2) is 4.21. The Hall–Kier alpha value is -1.71. The summed E-state index contributed by atoms with van der Waals surface area (Å²) in [4.78, 5) is 10.3. The fourth-order valence-electron chi connectivity index (χ4n) is 1.53. The van der Waals surface area contributed by atoms with Crippen molar-refractivity contribution in [3.8, 4) is 11.5 Å². The summed E-state index contributed by atoms with van der Waals surface area (Å²) >= 11 is 0. The van der Waals surface area contributed by atoms with E-state index in [0.29, 0.717) is 19.6 Å². The van der Waals surface area contributed by atoms with Gasteiger partial charge in [0.2, 0.25) is 6.41 Å². The quantitative estimate of drug-likeness (QED) is 0.759. The minimum atomic E-state index is -0.0154. The molecule has 0 saturated carbocycles. The smallest absolute Gasteiger partial charge is 0.207 e. The maximum atomic E-state index is 10.3. The highest BCUT2D eigenvalue weighted by Gasteiger charge is 2.13. The molecule has 15 heavy (non-hydrogen) atoms. The zero-order valence-electron chi connectivity index (χ0n) is 8.53. The first-order chi connectivity index (χ1) is 7.31. The Morgan fingerprint density at radius 2 is 2.07 bits per heavy atom. The maximum absolute atomic E-state index is 10.3. The molecule has 1 aromatic rings. The summed E-state index contributed by atoms with van der Waals surface area (Å²) in [6, 6.07) is 5.68. The second-order valence-electron chi connectivity index (χ2n) is 3.41. The van der Waals surface area contributed by atoms with Crippen molar-refractivity contribution in [1.82, 2.24) is 5.32 Å². The third-order valence-corrected chi connectivity index (χ3v) is 2.38. The van der Waals surface area contributed by atoms with Crippen LogP contribution in [0.15, 0.2) is 18.2 Å². The molecule has 1 aliphatic heterocycles. The van der Waals surface area contributed by atoms with E-state index in [1.54, 1.807) is 0 Å². The number of hydrogen-bond donors (Lipinski definition) is 1. The van der Waals surface area contributed by atoms with Gasteiger partial charge in [0.15, 0.2) is 11.5 Å². The molecule has 0 bridgehead atoms. The van der Waals surface area contributed by atoms with Crippen LogP contribution in [0.1, 0.15) is 18.5 Å². The zero-order chi connectivity index (χ0) is 10.7. The molecule has 0 fully saturated rings. The van der Waals surface area contributed by atoms with Gasteiger partial charge in [-0.25, -0.2) is 0 Å². The van der Waals surface area contributed by atoms with Gasteiger partial charge in [-0.2, -0.15) is 0 Å². The van der Waals surface area contributed by atoms with Crippen LogP contribution in [0, 0.1) is 0 Å². The molecule has 1 aliphatic rings. The zero-order valence-corrected chi connectivity index (χ0v) is 8.53. The van der Waals surface area contributed by atoms with E-state index in [9.17, 15) is 4.79 Å². The number of amides is 1. The van der Waals surface area contributed by atoms with Crippen molar-refractivity contribution in [2.24, 2.45) is 0 Å². The highest BCUT2D eigenvalue weighted by Crippen LogP contribution is 2.32. The Labute approximate surface area is 88.2 Å². The number of rotatable bonds is 3. The molecule has 4 heteroatoms. The summed E-state index contributed by atoms with van der Waals surface area (Å²) in [5, 5.41) is 2.69. The molecule has 1 amide bonds. The molecule has 1 heterocycles. The number of benzene rings is 1. The van der Waals surface area contributed by atoms with Crippen LogP contribution in [0.2, 0.25) is 0 Å². The summed E-state index contributed by atoms with van der Waals surface area (Å²) in [7, 11) is 0. The predicted molar refractivity (Wildman–Crippen MR) is 55.0 cm³/mol. The lowest BCUT2D eigenvalue weighted by Gasteiger charge is -2.20.